The zero-order valence-corrected chi connectivity index (χ0v) is 41.1. The number of benzene rings is 7. The fourth-order valence-corrected chi connectivity index (χ4v) is 10.9. The number of hydrogen-bond donors (Lipinski definition) is 0. The van der Waals surface area contributed by atoms with Crippen LogP contribution >= 0.6 is 0 Å². The third-order valence-corrected chi connectivity index (χ3v) is 14.4. The highest BCUT2D eigenvalue weighted by Crippen LogP contribution is 2.55. The lowest BCUT2D eigenvalue weighted by atomic mass is 9.80. The molecule has 4 heteroatoms. The number of aryl methyl sites for hydroxylation is 3. The molecule has 4 nitrogen and oxygen atoms in total. The van der Waals surface area contributed by atoms with Gasteiger partial charge in [0.25, 0.3) is 0 Å². The van der Waals surface area contributed by atoms with E-state index in [1.165, 1.54) is 5.56 Å². The van der Waals surface area contributed by atoms with Gasteiger partial charge in [-0.2, -0.15) is 4.57 Å². The Morgan fingerprint density at radius 2 is 1.21 bits per heavy atom. The fraction of sp³-hybridized carbons (Fsp3) is 0.250. The molecule has 7 aromatic carbocycles. The maximum atomic E-state index is 10.4. The number of ether oxygens (including phenoxy) is 1. The highest BCUT2D eigenvalue weighted by Gasteiger charge is 2.69. The molecular formula is C64H61N3O+2. The summed E-state index contributed by atoms with van der Waals surface area (Å²) in [5.74, 6) is -0.295. The maximum absolute atomic E-state index is 10.4. The Morgan fingerprint density at radius 1 is 0.529 bits per heavy atom. The van der Waals surface area contributed by atoms with Gasteiger partial charge in [-0.15, -0.1) is 9.13 Å². The Hall–Kier alpha value is -7.04. The van der Waals surface area contributed by atoms with Crippen LogP contribution in [0.5, 0.6) is 5.75 Å². The number of hydrogen-bond acceptors (Lipinski definition) is 1. The van der Waals surface area contributed by atoms with E-state index in [-0.39, 0.29) is 63.9 Å². The van der Waals surface area contributed by atoms with E-state index in [0.29, 0.717) is 17.0 Å². The lowest BCUT2D eigenvalue weighted by Crippen LogP contribution is -2.78. The van der Waals surface area contributed by atoms with E-state index < -0.39 is 17.3 Å². The van der Waals surface area contributed by atoms with E-state index in [1.807, 2.05) is 33.8 Å². The summed E-state index contributed by atoms with van der Waals surface area (Å²) in [6.07, 6.45) is -0.291. The van der Waals surface area contributed by atoms with Crippen molar-refractivity contribution in [1.29, 1.82) is 0 Å². The number of pyridine rings is 1. The van der Waals surface area contributed by atoms with Crippen LogP contribution in [0.15, 0.2) is 152 Å². The van der Waals surface area contributed by atoms with Gasteiger partial charge in [0.05, 0.1) is 13.8 Å². The van der Waals surface area contributed by atoms with Crippen molar-refractivity contribution < 1.29 is 23.5 Å². The van der Waals surface area contributed by atoms with Crippen LogP contribution in [0.25, 0.3) is 83.9 Å². The maximum Gasteiger partial charge on any atom is 0.499 e. The Bertz CT molecular complexity index is 3990. The summed E-state index contributed by atoms with van der Waals surface area (Å²) in [6, 6.07) is 37.3. The van der Waals surface area contributed by atoms with E-state index in [2.05, 4.69) is 168 Å². The summed E-state index contributed by atoms with van der Waals surface area (Å²) >= 11 is 0. The predicted octanol–water partition coefficient (Wildman–Crippen LogP) is 15.3. The summed E-state index contributed by atoms with van der Waals surface area (Å²) < 4.78 is 82.4. The zero-order valence-electron chi connectivity index (χ0n) is 48.1. The van der Waals surface area contributed by atoms with Gasteiger partial charge in [-0.25, -0.2) is 0 Å². The molecule has 5 heterocycles. The lowest BCUT2D eigenvalue weighted by molar-refractivity contribution is -0.997. The van der Waals surface area contributed by atoms with Crippen LogP contribution in [0.3, 0.4) is 0 Å². The molecule has 68 heavy (non-hydrogen) atoms. The molecule has 9 aromatic rings. The number of nitrogens with zero attached hydrogens (tertiary/aromatic N) is 3. The van der Waals surface area contributed by atoms with Crippen molar-refractivity contribution >= 4 is 11.0 Å². The summed E-state index contributed by atoms with van der Waals surface area (Å²) in [4.78, 5) is 0. The van der Waals surface area contributed by atoms with E-state index in [0.717, 1.165) is 89.3 Å². The SMILES string of the molecule is [2H]c1c([2H])c(C(C)(C)C)c([2H])c([2H])c1-c1c([2H])c([2H])[n+]2c(c1[2H])-c1cc(C(C)(C)C)cc3c1C21Oc2c(C)cc(C)cc2-c2n(-c4cc(-c5ccccc5)c(C)cc4-c4ccc(C(C)(C)C)cc4)c4cccc-3c4[n+]21. The molecule has 0 bridgehead atoms. The summed E-state index contributed by atoms with van der Waals surface area (Å²) in [6.45, 7) is 25.0. The van der Waals surface area contributed by atoms with E-state index >= 15 is 0 Å². The fourth-order valence-electron chi connectivity index (χ4n) is 10.9. The summed E-state index contributed by atoms with van der Waals surface area (Å²) in [5.41, 5.74) is 15.3. The smallest absolute Gasteiger partial charge is 0.392 e. The third-order valence-electron chi connectivity index (χ3n) is 14.4. The number of aromatic nitrogens is 3. The van der Waals surface area contributed by atoms with Crippen LogP contribution in [-0.4, -0.2) is 4.57 Å². The minimum atomic E-state index is -1.70. The molecule has 0 fully saturated rings. The standard InChI is InChI=1S/C64H61N3O/c1-38-31-40(3)59-53(32-38)60-66(56-37-49(42-17-14-13-15-18-42)39(2)33-50(56)43-23-27-46(28-24-43)62(7,8)9)54-20-16-19-48-51-35-47(63(10,11)12)36-52-55-34-44(41-21-25-45(26-22-41)61(4,5)6)29-30-65(55)64(68-59,57(51)52)67(60)58(48)54/h13-37H,1-12H3/q+2/i21D,22D,25D,26D,29D,30D,34D. The molecule has 3 aliphatic rings. The second-order valence-corrected chi connectivity index (χ2v) is 22.3. The first-order valence-corrected chi connectivity index (χ1v) is 23.9. The van der Waals surface area contributed by atoms with Crippen molar-refractivity contribution in [3.63, 3.8) is 0 Å². The van der Waals surface area contributed by atoms with Crippen LogP contribution in [0.1, 0.15) is 111 Å². The van der Waals surface area contributed by atoms with Crippen LogP contribution in [-0.2, 0) is 22.1 Å². The van der Waals surface area contributed by atoms with Gasteiger partial charge in [0.1, 0.15) is 18.2 Å². The third kappa shape index (κ3) is 6.05. The van der Waals surface area contributed by atoms with Gasteiger partial charge in [0.2, 0.25) is 5.69 Å². The van der Waals surface area contributed by atoms with Gasteiger partial charge in [0, 0.05) is 28.8 Å². The van der Waals surface area contributed by atoms with Gasteiger partial charge >= 0.3 is 11.7 Å². The number of fused-ring (bicyclic) bond motifs is 5. The Labute approximate surface area is 412 Å². The first kappa shape index (κ1) is 35.2. The summed E-state index contributed by atoms with van der Waals surface area (Å²) in [5, 5.41) is 0. The van der Waals surface area contributed by atoms with Crippen molar-refractivity contribution in [2.45, 2.75) is 105 Å². The minimum Gasteiger partial charge on any atom is -0.392 e. The molecule has 3 aliphatic heterocycles. The van der Waals surface area contributed by atoms with Crippen LogP contribution in [0.4, 0.5) is 0 Å². The zero-order chi connectivity index (χ0) is 53.5. The molecule has 0 amide bonds. The molecule has 2 aromatic heterocycles. The Kier molecular flexibility index (Phi) is 7.36. The largest absolute Gasteiger partial charge is 0.499 e. The molecule has 1 atom stereocenters. The van der Waals surface area contributed by atoms with Crippen molar-refractivity contribution in [2.24, 2.45) is 0 Å². The molecule has 0 aliphatic carbocycles. The average Bonchev–Trinajstić information content (AvgIpc) is 3.88. The molecule has 336 valence electrons. The van der Waals surface area contributed by atoms with Gasteiger partial charge in [-0.3, -0.25) is 0 Å². The van der Waals surface area contributed by atoms with Gasteiger partial charge in [-0.1, -0.05) is 153 Å². The van der Waals surface area contributed by atoms with Gasteiger partial charge in [0.15, 0.2) is 23.0 Å². The number of para-hydroxylation sites is 1. The summed E-state index contributed by atoms with van der Waals surface area (Å²) in [7, 11) is 0. The normalized spacial score (nSPS) is 17.0. The van der Waals surface area contributed by atoms with Crippen molar-refractivity contribution in [1.82, 2.24) is 4.57 Å². The second kappa shape index (κ2) is 14.2. The lowest BCUT2D eigenvalue weighted by Gasteiger charge is -2.33. The number of imidazole rings is 1. The van der Waals surface area contributed by atoms with E-state index in [9.17, 15) is 9.60 Å². The highest BCUT2D eigenvalue weighted by atomic mass is 16.5. The molecule has 0 saturated carbocycles. The van der Waals surface area contributed by atoms with Crippen molar-refractivity contribution in [3.8, 4) is 78.6 Å². The van der Waals surface area contributed by atoms with Crippen LogP contribution < -0.4 is 13.9 Å². The highest BCUT2D eigenvalue weighted by molar-refractivity contribution is 5.99. The van der Waals surface area contributed by atoms with Crippen molar-refractivity contribution in [3.05, 3.63) is 191 Å². The first-order valence-electron chi connectivity index (χ1n) is 27.4. The van der Waals surface area contributed by atoms with Gasteiger partial charge < -0.3 is 4.74 Å². The molecular weight excluding hydrogens is 827 g/mol. The van der Waals surface area contributed by atoms with E-state index in [4.69, 9.17) is 4.74 Å². The number of rotatable bonds is 4. The second-order valence-electron chi connectivity index (χ2n) is 22.3. The minimum absolute atomic E-state index is 0.0511. The van der Waals surface area contributed by atoms with Gasteiger partial charge in [-0.05, 0) is 141 Å². The van der Waals surface area contributed by atoms with Crippen molar-refractivity contribution in [2.75, 3.05) is 0 Å². The molecule has 0 saturated heterocycles. The quantitative estimate of drug-likeness (QED) is 0.161. The van der Waals surface area contributed by atoms with Crippen LogP contribution in [0, 0.1) is 20.8 Å². The molecule has 12 rings (SSSR count). The monoisotopic (exact) mass is 895 g/mol. The average molecular weight is 895 g/mol. The predicted molar refractivity (Wildman–Crippen MR) is 280 cm³/mol. The molecule has 0 N–H and O–H groups in total. The first-order chi connectivity index (χ1) is 35.3. The molecule has 1 unspecified atom stereocenters. The van der Waals surface area contributed by atoms with Crippen LogP contribution in [0.2, 0.25) is 0 Å². The molecule has 0 radical (unpaired) electrons. The topological polar surface area (TPSA) is 21.9 Å². The molecule has 1 spiro atoms. The Balaban J connectivity index is 1.28. The van der Waals surface area contributed by atoms with E-state index in [1.54, 1.807) is 4.57 Å². The Morgan fingerprint density at radius 3 is 1.90 bits per heavy atom.